The van der Waals surface area contributed by atoms with Crippen LogP contribution in [-0.2, 0) is 0 Å². The van der Waals surface area contributed by atoms with Crippen LogP contribution in [0.25, 0.3) is 21.1 Å². The van der Waals surface area contributed by atoms with E-state index >= 15 is 0 Å². The van der Waals surface area contributed by atoms with E-state index in [4.69, 9.17) is 14.7 Å². The van der Waals surface area contributed by atoms with E-state index in [2.05, 4.69) is 15.5 Å². The van der Waals surface area contributed by atoms with Gasteiger partial charge in [0.25, 0.3) is 0 Å². The second kappa shape index (κ2) is 8.95. The predicted molar refractivity (Wildman–Crippen MR) is 131 cm³/mol. The summed E-state index contributed by atoms with van der Waals surface area (Å²) in [7, 11) is 1.63. The van der Waals surface area contributed by atoms with Gasteiger partial charge < -0.3 is 4.74 Å². The summed E-state index contributed by atoms with van der Waals surface area (Å²) in [6.07, 6.45) is 1.70. The Morgan fingerprint density at radius 2 is 1.66 bits per heavy atom. The lowest BCUT2D eigenvalue weighted by Gasteiger charge is -2.09. The van der Waals surface area contributed by atoms with Crippen molar-refractivity contribution in [1.82, 2.24) is 15.4 Å². The van der Waals surface area contributed by atoms with Crippen LogP contribution in [0, 0.1) is 0 Å². The van der Waals surface area contributed by atoms with E-state index in [1.54, 1.807) is 24.7 Å². The van der Waals surface area contributed by atoms with Crippen LogP contribution in [0.15, 0.2) is 95.0 Å². The maximum Gasteiger partial charge on any atom is 0.173 e. The Labute approximate surface area is 189 Å². The Kier molecular flexibility index (Phi) is 5.55. The highest BCUT2D eigenvalue weighted by Gasteiger charge is 2.09. The summed E-state index contributed by atoms with van der Waals surface area (Å²) in [5.74, 6) is 1.18. The molecule has 5 aromatic rings. The normalized spacial score (nSPS) is 12.0. The zero-order chi connectivity index (χ0) is 21.8. The molecule has 0 saturated heterocycles. The number of hydrogen-bond acceptors (Lipinski definition) is 6. The monoisotopic (exact) mass is 437 g/mol. The molecule has 0 radical (unpaired) electrons. The van der Waals surface area contributed by atoms with Crippen molar-refractivity contribution in [1.29, 1.82) is 0 Å². The van der Waals surface area contributed by atoms with Gasteiger partial charge in [0, 0.05) is 5.39 Å². The third-order valence-electron chi connectivity index (χ3n) is 4.81. The lowest BCUT2D eigenvalue weighted by molar-refractivity contribution is 0.416. The lowest BCUT2D eigenvalue weighted by atomic mass is 10.2. The Bertz CT molecular complexity index is 1420. The Hall–Kier alpha value is -4.10. The molecule has 0 saturated carbocycles. The molecule has 5 rings (SSSR count). The smallest absolute Gasteiger partial charge is 0.173 e. The van der Waals surface area contributed by atoms with Gasteiger partial charge in [-0.05, 0) is 36.4 Å². The van der Waals surface area contributed by atoms with Crippen molar-refractivity contribution in [2.75, 3.05) is 7.11 Å². The molecule has 156 valence electrons. The molecule has 0 aliphatic carbocycles. The van der Waals surface area contributed by atoms with Gasteiger partial charge in [0.05, 0.1) is 29.1 Å². The summed E-state index contributed by atoms with van der Waals surface area (Å²) >= 11 is 1.58. The van der Waals surface area contributed by atoms with E-state index < -0.39 is 0 Å². The first-order valence-corrected chi connectivity index (χ1v) is 10.8. The van der Waals surface area contributed by atoms with Gasteiger partial charge in [-0.15, -0.1) is 11.3 Å². The summed E-state index contributed by atoms with van der Waals surface area (Å²) in [6, 6.07) is 27.5. The number of hydrazone groups is 1. The SMILES string of the molecule is COc1ccccc1N=C(N/N=C/c1nc2ccccc2s1)c1ccc2ccccc2n1. The first kappa shape index (κ1) is 19.8. The fourth-order valence-electron chi connectivity index (χ4n) is 3.27. The zero-order valence-electron chi connectivity index (χ0n) is 17.3. The van der Waals surface area contributed by atoms with Gasteiger partial charge in [-0.1, -0.05) is 48.5 Å². The molecule has 0 aliphatic rings. The van der Waals surface area contributed by atoms with Crippen molar-refractivity contribution in [2.45, 2.75) is 0 Å². The van der Waals surface area contributed by atoms with E-state index in [1.807, 2.05) is 84.9 Å². The van der Waals surface area contributed by atoms with E-state index in [9.17, 15) is 0 Å². The van der Waals surface area contributed by atoms with Crippen LogP contribution in [0.4, 0.5) is 5.69 Å². The molecule has 3 aromatic carbocycles. The molecule has 0 bridgehead atoms. The minimum atomic E-state index is 0.512. The standard InChI is InChI=1S/C25H19N5OS/c1-31-22-12-6-4-10-19(22)29-25(21-15-14-17-8-2-3-9-18(17)27-21)30-26-16-24-28-20-11-5-7-13-23(20)32-24/h2-16H,1H3,(H,29,30)/b26-16+. The third-order valence-corrected chi connectivity index (χ3v) is 5.79. The van der Waals surface area contributed by atoms with Gasteiger partial charge in [-0.3, -0.25) is 5.43 Å². The maximum absolute atomic E-state index is 5.46. The zero-order valence-corrected chi connectivity index (χ0v) is 18.1. The van der Waals surface area contributed by atoms with Crippen molar-refractivity contribution in [3.63, 3.8) is 0 Å². The molecule has 2 aromatic heterocycles. The van der Waals surface area contributed by atoms with Crippen LogP contribution in [0.2, 0.25) is 0 Å². The minimum absolute atomic E-state index is 0.512. The molecule has 0 unspecified atom stereocenters. The van der Waals surface area contributed by atoms with Crippen molar-refractivity contribution >= 4 is 50.2 Å². The topological polar surface area (TPSA) is 71.8 Å². The highest BCUT2D eigenvalue weighted by atomic mass is 32.1. The van der Waals surface area contributed by atoms with Crippen molar-refractivity contribution < 1.29 is 4.74 Å². The van der Waals surface area contributed by atoms with Crippen molar-refractivity contribution in [3.05, 3.63) is 95.6 Å². The number of thiazole rings is 1. The number of aromatic nitrogens is 2. The number of nitrogens with zero attached hydrogens (tertiary/aromatic N) is 4. The Morgan fingerprint density at radius 1 is 0.875 bits per heavy atom. The second-order valence-electron chi connectivity index (χ2n) is 6.91. The molecule has 1 N–H and O–H groups in total. The molecule has 2 heterocycles. The van der Waals surface area contributed by atoms with Gasteiger partial charge >= 0.3 is 0 Å². The van der Waals surface area contributed by atoms with E-state index in [0.29, 0.717) is 23.0 Å². The lowest BCUT2D eigenvalue weighted by Crippen LogP contribution is -2.20. The Morgan fingerprint density at radius 3 is 2.53 bits per heavy atom. The number of hydrogen-bond donors (Lipinski definition) is 1. The van der Waals surface area contributed by atoms with E-state index in [0.717, 1.165) is 26.1 Å². The number of nitrogens with one attached hydrogen (secondary N) is 1. The number of methoxy groups -OCH3 is 1. The maximum atomic E-state index is 5.46. The summed E-state index contributed by atoms with van der Waals surface area (Å²) in [5.41, 5.74) is 6.26. The van der Waals surface area contributed by atoms with Crippen LogP contribution in [0.1, 0.15) is 10.7 Å². The highest BCUT2D eigenvalue weighted by molar-refractivity contribution is 7.20. The molecule has 0 spiro atoms. The van der Waals surface area contributed by atoms with Gasteiger partial charge in [0.2, 0.25) is 0 Å². The molecule has 0 amide bonds. The van der Waals surface area contributed by atoms with Crippen LogP contribution in [0.5, 0.6) is 5.75 Å². The van der Waals surface area contributed by atoms with E-state index in [1.165, 1.54) is 0 Å². The highest BCUT2D eigenvalue weighted by Crippen LogP contribution is 2.27. The number of para-hydroxylation sites is 4. The summed E-state index contributed by atoms with van der Waals surface area (Å²) < 4.78 is 6.58. The number of fused-ring (bicyclic) bond motifs is 2. The average Bonchev–Trinajstić information content (AvgIpc) is 3.26. The number of ether oxygens (including phenoxy) is 1. The number of aliphatic imine (C=N–C) groups is 1. The molecule has 0 fully saturated rings. The average molecular weight is 438 g/mol. The van der Waals surface area contributed by atoms with Gasteiger partial charge in [-0.25, -0.2) is 15.0 Å². The third kappa shape index (κ3) is 4.19. The van der Waals surface area contributed by atoms with Crippen molar-refractivity contribution in [2.24, 2.45) is 10.1 Å². The molecular formula is C25H19N5OS. The molecular weight excluding hydrogens is 418 g/mol. The number of rotatable bonds is 5. The van der Waals surface area contributed by atoms with Crippen LogP contribution >= 0.6 is 11.3 Å². The minimum Gasteiger partial charge on any atom is -0.494 e. The first-order valence-electron chi connectivity index (χ1n) is 10.0. The molecule has 6 nitrogen and oxygen atoms in total. The number of pyridine rings is 1. The number of benzene rings is 3. The van der Waals surface area contributed by atoms with Gasteiger partial charge in [-0.2, -0.15) is 5.10 Å². The summed E-state index contributed by atoms with van der Waals surface area (Å²) in [4.78, 5) is 14.1. The first-order chi connectivity index (χ1) is 15.8. The fourth-order valence-corrected chi connectivity index (χ4v) is 4.11. The van der Waals surface area contributed by atoms with Crippen LogP contribution < -0.4 is 10.2 Å². The molecule has 32 heavy (non-hydrogen) atoms. The van der Waals surface area contributed by atoms with E-state index in [-0.39, 0.29) is 0 Å². The van der Waals surface area contributed by atoms with Crippen molar-refractivity contribution in [3.8, 4) is 5.75 Å². The summed E-state index contributed by atoms with van der Waals surface area (Å²) in [5, 5.41) is 6.27. The van der Waals surface area contributed by atoms with Crippen LogP contribution in [-0.4, -0.2) is 29.1 Å². The quantitative estimate of drug-likeness (QED) is 0.222. The Balaban J connectivity index is 1.51. The molecule has 0 aliphatic heterocycles. The largest absolute Gasteiger partial charge is 0.494 e. The summed E-state index contributed by atoms with van der Waals surface area (Å²) in [6.45, 7) is 0. The molecule has 0 atom stereocenters. The fraction of sp³-hybridized carbons (Fsp3) is 0.0400. The number of amidine groups is 1. The molecule has 7 heteroatoms. The predicted octanol–water partition coefficient (Wildman–Crippen LogP) is 5.56. The van der Waals surface area contributed by atoms with Crippen LogP contribution in [0.3, 0.4) is 0 Å². The second-order valence-corrected chi connectivity index (χ2v) is 7.97. The van der Waals surface area contributed by atoms with Gasteiger partial charge in [0.1, 0.15) is 22.1 Å². The van der Waals surface area contributed by atoms with Gasteiger partial charge in [0.15, 0.2) is 5.84 Å².